The first-order valence-electron chi connectivity index (χ1n) is 8.99. The lowest BCUT2D eigenvalue weighted by Gasteiger charge is -2.12. The molecule has 0 radical (unpaired) electrons. The number of guanidine groups is 1. The highest BCUT2D eigenvalue weighted by atomic mass is 15.3. The number of nitrogens with zero attached hydrogens (tertiary/aromatic N) is 3. The summed E-state index contributed by atoms with van der Waals surface area (Å²) in [5.41, 5.74) is 7.47. The van der Waals surface area contributed by atoms with Crippen LogP contribution in [0, 0.1) is 27.7 Å². The molecule has 2 N–H and O–H groups in total. The van der Waals surface area contributed by atoms with Gasteiger partial charge in [-0.1, -0.05) is 23.8 Å². The lowest BCUT2D eigenvalue weighted by atomic mass is 10.0. The summed E-state index contributed by atoms with van der Waals surface area (Å²) in [6, 6.07) is 6.64. The number of hydrogen-bond acceptors (Lipinski definition) is 2. The summed E-state index contributed by atoms with van der Waals surface area (Å²) in [5, 5.41) is 11.2. The van der Waals surface area contributed by atoms with Gasteiger partial charge in [0.05, 0.1) is 12.2 Å². The van der Waals surface area contributed by atoms with Crippen LogP contribution >= 0.6 is 0 Å². The Hall–Kier alpha value is -2.30. The van der Waals surface area contributed by atoms with Gasteiger partial charge in [-0.2, -0.15) is 5.10 Å². The van der Waals surface area contributed by atoms with E-state index in [0.29, 0.717) is 6.54 Å². The first-order valence-corrected chi connectivity index (χ1v) is 8.99. The maximum atomic E-state index is 4.73. The molecule has 0 aliphatic carbocycles. The summed E-state index contributed by atoms with van der Waals surface area (Å²) in [4.78, 5) is 4.73. The first-order chi connectivity index (χ1) is 11.9. The maximum Gasteiger partial charge on any atom is 0.191 e. The van der Waals surface area contributed by atoms with Gasteiger partial charge in [0.15, 0.2) is 5.96 Å². The molecule has 1 heterocycles. The van der Waals surface area contributed by atoms with E-state index in [1.54, 1.807) is 0 Å². The second-order valence-electron chi connectivity index (χ2n) is 6.57. The number of aliphatic imine (C=N–C) groups is 1. The summed E-state index contributed by atoms with van der Waals surface area (Å²) < 4.78 is 1.92. The Balaban J connectivity index is 1.98. The standard InChI is InChI=1S/C20H31N5/c1-7-21-20(23-13-19-16(4)24-25(6)17(19)5)22-11-10-18-9-8-14(2)12-15(18)3/h8-9,12H,7,10-11,13H2,1-6H3,(H2,21,22,23). The molecular formula is C20H31N5. The van der Waals surface area contributed by atoms with Crippen LogP contribution in [-0.2, 0) is 20.0 Å². The maximum absolute atomic E-state index is 4.73. The highest BCUT2D eigenvalue weighted by Crippen LogP contribution is 2.13. The minimum absolute atomic E-state index is 0.643. The van der Waals surface area contributed by atoms with E-state index in [1.807, 2.05) is 18.7 Å². The van der Waals surface area contributed by atoms with Crippen LogP contribution in [0.5, 0.6) is 0 Å². The van der Waals surface area contributed by atoms with Crippen LogP contribution in [0.15, 0.2) is 23.2 Å². The van der Waals surface area contributed by atoms with Gasteiger partial charge in [0, 0.05) is 31.4 Å². The van der Waals surface area contributed by atoms with Gasteiger partial charge in [0.25, 0.3) is 0 Å². The monoisotopic (exact) mass is 341 g/mol. The van der Waals surface area contributed by atoms with Crippen LogP contribution in [0.3, 0.4) is 0 Å². The summed E-state index contributed by atoms with van der Waals surface area (Å²) in [6.07, 6.45) is 0.988. The molecule has 0 aliphatic rings. The van der Waals surface area contributed by atoms with Gasteiger partial charge >= 0.3 is 0 Å². The normalized spacial score (nSPS) is 11.7. The number of rotatable bonds is 6. The molecule has 5 nitrogen and oxygen atoms in total. The molecule has 0 saturated carbocycles. The van der Waals surface area contributed by atoms with E-state index in [9.17, 15) is 0 Å². The molecule has 0 atom stereocenters. The van der Waals surface area contributed by atoms with Gasteiger partial charge in [-0.15, -0.1) is 0 Å². The van der Waals surface area contributed by atoms with Crippen molar-refractivity contribution >= 4 is 5.96 Å². The molecule has 1 aromatic heterocycles. The topological polar surface area (TPSA) is 54.2 Å². The molecule has 0 spiro atoms. The fourth-order valence-electron chi connectivity index (χ4n) is 2.99. The average molecular weight is 342 g/mol. The highest BCUT2D eigenvalue weighted by molar-refractivity contribution is 5.79. The zero-order valence-corrected chi connectivity index (χ0v) is 16.4. The van der Waals surface area contributed by atoms with E-state index in [4.69, 9.17) is 4.99 Å². The Kier molecular flexibility index (Phi) is 6.62. The van der Waals surface area contributed by atoms with Crippen LogP contribution in [0.25, 0.3) is 0 Å². The molecule has 0 bridgehead atoms. The van der Waals surface area contributed by atoms with Crippen LogP contribution in [-0.4, -0.2) is 28.8 Å². The molecule has 0 fully saturated rings. The molecule has 2 rings (SSSR count). The van der Waals surface area contributed by atoms with Crippen molar-refractivity contribution in [2.24, 2.45) is 12.0 Å². The predicted octanol–water partition coefficient (Wildman–Crippen LogP) is 2.95. The van der Waals surface area contributed by atoms with Crippen molar-refractivity contribution < 1.29 is 0 Å². The minimum Gasteiger partial charge on any atom is -0.357 e. The molecular weight excluding hydrogens is 310 g/mol. The zero-order valence-electron chi connectivity index (χ0n) is 16.4. The van der Waals surface area contributed by atoms with Gasteiger partial charge in [0.1, 0.15) is 0 Å². The van der Waals surface area contributed by atoms with E-state index < -0.39 is 0 Å². The fraction of sp³-hybridized carbons (Fsp3) is 0.500. The zero-order chi connectivity index (χ0) is 18.4. The number of benzene rings is 1. The molecule has 0 amide bonds. The first kappa shape index (κ1) is 19.0. The fourth-order valence-corrected chi connectivity index (χ4v) is 2.99. The third-order valence-corrected chi connectivity index (χ3v) is 4.58. The lowest BCUT2D eigenvalue weighted by Crippen LogP contribution is -2.38. The Bertz CT molecular complexity index is 743. The van der Waals surface area contributed by atoms with E-state index in [2.05, 4.69) is 61.6 Å². The van der Waals surface area contributed by atoms with E-state index in [-0.39, 0.29) is 0 Å². The molecule has 0 saturated heterocycles. The molecule has 136 valence electrons. The Labute approximate surface area is 151 Å². The third kappa shape index (κ3) is 5.08. The van der Waals surface area contributed by atoms with Crippen LogP contribution in [0.1, 0.15) is 40.6 Å². The van der Waals surface area contributed by atoms with Crippen molar-refractivity contribution in [2.45, 2.75) is 47.6 Å². The minimum atomic E-state index is 0.643. The lowest BCUT2D eigenvalue weighted by molar-refractivity contribution is 0.730. The van der Waals surface area contributed by atoms with Crippen molar-refractivity contribution in [2.75, 3.05) is 13.1 Å². The van der Waals surface area contributed by atoms with Crippen molar-refractivity contribution in [1.29, 1.82) is 0 Å². The summed E-state index contributed by atoms with van der Waals surface area (Å²) >= 11 is 0. The van der Waals surface area contributed by atoms with Crippen LogP contribution in [0.4, 0.5) is 0 Å². The van der Waals surface area contributed by atoms with Crippen molar-refractivity contribution in [1.82, 2.24) is 20.4 Å². The van der Waals surface area contributed by atoms with Crippen molar-refractivity contribution in [3.8, 4) is 0 Å². The Morgan fingerprint density at radius 1 is 1.16 bits per heavy atom. The summed E-state index contributed by atoms with van der Waals surface area (Å²) in [6.45, 7) is 12.9. The molecule has 5 heteroatoms. The Morgan fingerprint density at radius 2 is 1.92 bits per heavy atom. The average Bonchev–Trinajstić information content (AvgIpc) is 2.80. The second-order valence-corrected chi connectivity index (χ2v) is 6.57. The van der Waals surface area contributed by atoms with Crippen molar-refractivity contribution in [3.63, 3.8) is 0 Å². The number of hydrogen-bond donors (Lipinski definition) is 2. The van der Waals surface area contributed by atoms with E-state index >= 15 is 0 Å². The largest absolute Gasteiger partial charge is 0.357 e. The van der Waals surface area contributed by atoms with Gasteiger partial charge < -0.3 is 10.6 Å². The number of aromatic nitrogens is 2. The van der Waals surface area contributed by atoms with E-state index in [0.717, 1.165) is 31.2 Å². The second kappa shape index (κ2) is 8.70. The molecule has 25 heavy (non-hydrogen) atoms. The van der Waals surface area contributed by atoms with Gasteiger partial charge in [0.2, 0.25) is 0 Å². The molecule has 1 aromatic carbocycles. The predicted molar refractivity (Wildman–Crippen MR) is 105 cm³/mol. The number of nitrogens with one attached hydrogen (secondary N) is 2. The van der Waals surface area contributed by atoms with Gasteiger partial charge in [-0.25, -0.2) is 4.99 Å². The quantitative estimate of drug-likeness (QED) is 0.627. The summed E-state index contributed by atoms with van der Waals surface area (Å²) in [5.74, 6) is 0.856. The molecule has 0 unspecified atom stereocenters. The van der Waals surface area contributed by atoms with Crippen LogP contribution in [0.2, 0.25) is 0 Å². The SMILES string of the molecule is CCNC(=NCc1c(C)nn(C)c1C)NCCc1ccc(C)cc1C. The van der Waals surface area contributed by atoms with Gasteiger partial charge in [-0.05, 0) is 52.2 Å². The van der Waals surface area contributed by atoms with Crippen LogP contribution < -0.4 is 10.6 Å². The molecule has 2 aromatic rings. The molecule has 0 aliphatic heterocycles. The summed E-state index contributed by atoms with van der Waals surface area (Å²) in [7, 11) is 1.98. The number of aryl methyl sites for hydroxylation is 4. The van der Waals surface area contributed by atoms with Crippen molar-refractivity contribution in [3.05, 3.63) is 51.8 Å². The smallest absolute Gasteiger partial charge is 0.191 e. The van der Waals surface area contributed by atoms with Gasteiger partial charge in [-0.3, -0.25) is 4.68 Å². The Morgan fingerprint density at radius 3 is 2.52 bits per heavy atom. The highest BCUT2D eigenvalue weighted by Gasteiger charge is 2.09. The third-order valence-electron chi connectivity index (χ3n) is 4.58. The van der Waals surface area contributed by atoms with E-state index in [1.165, 1.54) is 27.9 Å².